The summed E-state index contributed by atoms with van der Waals surface area (Å²) >= 11 is 0. The number of anilines is 1. The molecule has 0 aromatic carbocycles. The normalized spacial score (nSPS) is 21.7. The molecular formula is C20H26N6O4S. The first kappa shape index (κ1) is 20.3. The van der Waals surface area contributed by atoms with Crippen LogP contribution in [0.4, 0.5) is 10.5 Å². The van der Waals surface area contributed by atoms with Crippen LogP contribution in [-0.2, 0) is 35.8 Å². The highest BCUT2D eigenvalue weighted by Gasteiger charge is 2.33. The summed E-state index contributed by atoms with van der Waals surface area (Å²) in [6.45, 7) is 2.95. The van der Waals surface area contributed by atoms with E-state index in [1.165, 1.54) is 10.9 Å². The Bertz CT molecular complexity index is 1160. The number of carbonyl (C=O) groups excluding carboxylic acids is 1. The minimum atomic E-state index is -4.15. The Morgan fingerprint density at radius 2 is 2.10 bits per heavy atom. The van der Waals surface area contributed by atoms with Gasteiger partial charge in [0.1, 0.15) is 6.61 Å². The van der Waals surface area contributed by atoms with Crippen molar-refractivity contribution in [2.24, 2.45) is 0 Å². The number of rotatable bonds is 4. The highest BCUT2D eigenvalue weighted by molar-refractivity contribution is 7.90. The molecule has 1 aliphatic heterocycles. The van der Waals surface area contributed by atoms with Crippen LogP contribution in [0.5, 0.6) is 5.88 Å². The number of urea groups is 1. The van der Waals surface area contributed by atoms with Crippen molar-refractivity contribution in [3.63, 3.8) is 0 Å². The summed E-state index contributed by atoms with van der Waals surface area (Å²) in [5.74, 6) is 0.483. The van der Waals surface area contributed by atoms with Gasteiger partial charge in [-0.3, -0.25) is 4.98 Å². The van der Waals surface area contributed by atoms with Gasteiger partial charge in [-0.1, -0.05) is 6.92 Å². The molecule has 3 heterocycles. The molecule has 0 radical (unpaired) electrons. The highest BCUT2D eigenvalue weighted by atomic mass is 32.2. The maximum absolute atomic E-state index is 12.9. The van der Waals surface area contributed by atoms with E-state index >= 15 is 0 Å². The van der Waals surface area contributed by atoms with Gasteiger partial charge >= 0.3 is 6.03 Å². The second-order valence-electron chi connectivity index (χ2n) is 8.42. The van der Waals surface area contributed by atoms with Crippen LogP contribution < -0.4 is 20.1 Å². The fourth-order valence-electron chi connectivity index (χ4n) is 4.70. The van der Waals surface area contributed by atoms with E-state index in [2.05, 4.69) is 27.4 Å². The summed E-state index contributed by atoms with van der Waals surface area (Å²) in [6, 6.07) is -0.747. The van der Waals surface area contributed by atoms with Gasteiger partial charge < -0.3 is 15.4 Å². The van der Waals surface area contributed by atoms with Crippen molar-refractivity contribution >= 4 is 21.7 Å². The van der Waals surface area contributed by atoms with Crippen molar-refractivity contribution in [2.45, 2.75) is 62.4 Å². The lowest BCUT2D eigenvalue weighted by Gasteiger charge is -2.24. The van der Waals surface area contributed by atoms with Gasteiger partial charge in [0.05, 0.1) is 24.5 Å². The molecule has 2 atom stereocenters. The summed E-state index contributed by atoms with van der Waals surface area (Å²) in [5, 5.41) is 10.0. The molecule has 3 N–H and O–H groups in total. The largest absolute Gasteiger partial charge is 0.475 e. The fourth-order valence-corrected chi connectivity index (χ4v) is 5.69. The van der Waals surface area contributed by atoms with Crippen molar-refractivity contribution in [1.82, 2.24) is 24.8 Å². The van der Waals surface area contributed by atoms with E-state index in [1.807, 2.05) is 0 Å². The van der Waals surface area contributed by atoms with E-state index in [4.69, 9.17) is 9.72 Å². The van der Waals surface area contributed by atoms with E-state index in [1.54, 1.807) is 7.05 Å². The Kier molecular flexibility index (Phi) is 4.89. The zero-order valence-electron chi connectivity index (χ0n) is 17.6. The van der Waals surface area contributed by atoms with Gasteiger partial charge in [0, 0.05) is 11.4 Å². The maximum Gasteiger partial charge on any atom is 0.333 e. The van der Waals surface area contributed by atoms with E-state index < -0.39 is 16.1 Å². The van der Waals surface area contributed by atoms with Gasteiger partial charge in [-0.05, 0) is 56.2 Å². The number of carbonyl (C=O) groups is 1. The van der Waals surface area contributed by atoms with E-state index in [9.17, 15) is 13.2 Å². The second-order valence-corrected chi connectivity index (χ2v) is 10.1. The number of hydrogen-bond acceptors (Lipinski definition) is 7. The van der Waals surface area contributed by atoms with Crippen LogP contribution in [0.1, 0.15) is 48.2 Å². The first-order chi connectivity index (χ1) is 14.9. The Labute approximate surface area is 180 Å². The van der Waals surface area contributed by atoms with E-state index in [0.29, 0.717) is 19.1 Å². The molecule has 11 heteroatoms. The third-order valence-corrected chi connectivity index (χ3v) is 7.70. The van der Waals surface area contributed by atoms with Crippen molar-refractivity contribution in [1.29, 1.82) is 0 Å². The molecule has 0 saturated carbocycles. The summed E-state index contributed by atoms with van der Waals surface area (Å²) in [5.41, 5.74) is 4.84. The van der Waals surface area contributed by atoms with Crippen LogP contribution >= 0.6 is 0 Å². The van der Waals surface area contributed by atoms with Crippen LogP contribution in [0.25, 0.3) is 0 Å². The molecule has 0 spiro atoms. The molecule has 5 rings (SSSR count). The SMILES string of the molecule is CNC1COc2c(S(=O)(=O)NC(=O)Nc3c4c(nc5c3CCC5C)CCC4)cnn2C1. The number of aryl methyl sites for hydroxylation is 1. The smallest absolute Gasteiger partial charge is 0.333 e. The summed E-state index contributed by atoms with van der Waals surface area (Å²) in [6.07, 6.45) is 5.74. The molecule has 2 aromatic heterocycles. The molecule has 2 unspecified atom stereocenters. The maximum atomic E-state index is 12.9. The zero-order valence-corrected chi connectivity index (χ0v) is 18.4. The number of aromatic nitrogens is 3. The molecule has 2 amide bonds. The molecule has 2 aliphatic carbocycles. The van der Waals surface area contributed by atoms with E-state index in [0.717, 1.165) is 60.3 Å². The van der Waals surface area contributed by atoms with Crippen molar-refractivity contribution in [3.8, 4) is 5.88 Å². The van der Waals surface area contributed by atoms with Crippen LogP contribution in [0.15, 0.2) is 11.1 Å². The Morgan fingerprint density at radius 3 is 2.90 bits per heavy atom. The quantitative estimate of drug-likeness (QED) is 0.646. The number of fused-ring (bicyclic) bond motifs is 3. The monoisotopic (exact) mass is 446 g/mol. The Hall–Kier alpha value is -2.66. The average Bonchev–Trinajstić information content (AvgIpc) is 3.45. The lowest BCUT2D eigenvalue weighted by atomic mass is 10.0. The van der Waals surface area contributed by atoms with Gasteiger partial charge in [-0.25, -0.2) is 22.6 Å². The van der Waals surface area contributed by atoms with Crippen LogP contribution in [-0.4, -0.2) is 48.9 Å². The zero-order chi connectivity index (χ0) is 21.8. The molecule has 166 valence electrons. The summed E-state index contributed by atoms with van der Waals surface area (Å²) in [4.78, 5) is 17.5. The molecule has 0 fully saturated rings. The minimum Gasteiger partial charge on any atom is -0.475 e. The lowest BCUT2D eigenvalue weighted by molar-refractivity contribution is 0.184. The number of pyridine rings is 1. The topological polar surface area (TPSA) is 127 Å². The molecule has 0 bridgehead atoms. The number of amides is 2. The highest BCUT2D eigenvalue weighted by Crippen LogP contribution is 2.41. The summed E-state index contributed by atoms with van der Waals surface area (Å²) < 4.78 is 35.0. The summed E-state index contributed by atoms with van der Waals surface area (Å²) in [7, 11) is -2.34. The minimum absolute atomic E-state index is 0.0393. The number of likely N-dealkylation sites (N-methyl/N-ethyl adjacent to an activating group) is 1. The standard InChI is InChI=1S/C20H26N6O4S/c1-11-6-7-14-17(11)23-15-5-3-4-13(15)18(14)24-20(27)25-31(28,29)16-8-22-26-9-12(21-2)10-30-19(16)26/h8,11-12,21H,3-7,9-10H2,1-2H3,(H2,23,24,25,27). The predicted octanol–water partition coefficient (Wildman–Crippen LogP) is 1.31. The lowest BCUT2D eigenvalue weighted by Crippen LogP contribution is -2.40. The molecule has 3 aliphatic rings. The van der Waals surface area contributed by atoms with Crippen LogP contribution in [0, 0.1) is 0 Å². The Morgan fingerprint density at radius 1 is 1.26 bits per heavy atom. The van der Waals surface area contributed by atoms with Gasteiger partial charge in [-0.15, -0.1) is 0 Å². The average molecular weight is 447 g/mol. The predicted molar refractivity (Wildman–Crippen MR) is 113 cm³/mol. The van der Waals surface area contributed by atoms with Crippen molar-refractivity contribution in [3.05, 3.63) is 28.7 Å². The Balaban J connectivity index is 1.39. The molecule has 31 heavy (non-hydrogen) atoms. The van der Waals surface area contributed by atoms with Gasteiger partial charge in [0.25, 0.3) is 10.0 Å². The molecule has 2 aromatic rings. The first-order valence-electron chi connectivity index (χ1n) is 10.6. The van der Waals surface area contributed by atoms with Gasteiger partial charge in [0.15, 0.2) is 4.90 Å². The second kappa shape index (κ2) is 7.49. The fraction of sp³-hybridized carbons (Fsp3) is 0.550. The first-order valence-corrected chi connectivity index (χ1v) is 12.1. The third-order valence-electron chi connectivity index (χ3n) is 6.39. The molecule has 10 nitrogen and oxygen atoms in total. The van der Waals surface area contributed by atoms with E-state index in [-0.39, 0.29) is 16.8 Å². The number of nitrogens with one attached hydrogen (secondary N) is 3. The van der Waals surface area contributed by atoms with Gasteiger partial charge in [0.2, 0.25) is 5.88 Å². The number of nitrogens with zero attached hydrogens (tertiary/aromatic N) is 3. The number of sulfonamides is 1. The third kappa shape index (κ3) is 3.45. The molecular weight excluding hydrogens is 420 g/mol. The number of hydrogen-bond donors (Lipinski definition) is 3. The van der Waals surface area contributed by atoms with Crippen molar-refractivity contribution in [2.75, 3.05) is 19.0 Å². The van der Waals surface area contributed by atoms with Crippen LogP contribution in [0.3, 0.4) is 0 Å². The molecule has 0 saturated heterocycles. The number of ether oxygens (including phenoxy) is 1. The van der Waals surface area contributed by atoms with Gasteiger partial charge in [-0.2, -0.15) is 5.10 Å². The van der Waals surface area contributed by atoms with Crippen LogP contribution in [0.2, 0.25) is 0 Å². The van der Waals surface area contributed by atoms with Crippen molar-refractivity contribution < 1.29 is 17.9 Å².